The third kappa shape index (κ3) is 4.05. The minimum absolute atomic E-state index is 0.773. The first kappa shape index (κ1) is 18.8. The summed E-state index contributed by atoms with van der Waals surface area (Å²) in [5.41, 5.74) is 3.90. The fourth-order valence-corrected chi connectivity index (χ4v) is 4.33. The van der Waals surface area contributed by atoms with Crippen molar-refractivity contribution in [1.82, 2.24) is 29.8 Å². The van der Waals surface area contributed by atoms with Crippen LogP contribution in [0, 0.1) is 0 Å². The van der Waals surface area contributed by atoms with Crippen molar-refractivity contribution < 1.29 is 0 Å². The second kappa shape index (κ2) is 8.64. The van der Waals surface area contributed by atoms with Crippen molar-refractivity contribution in [2.75, 3.05) is 31.1 Å². The van der Waals surface area contributed by atoms with Crippen LogP contribution in [0.1, 0.15) is 5.56 Å². The quantitative estimate of drug-likeness (QED) is 0.495. The molecular formula is C22H21N7S. The summed E-state index contributed by atoms with van der Waals surface area (Å²) < 4.78 is 0. The van der Waals surface area contributed by atoms with Crippen molar-refractivity contribution >= 4 is 17.3 Å². The summed E-state index contributed by atoms with van der Waals surface area (Å²) in [7, 11) is 0. The maximum Gasteiger partial charge on any atom is 0.226 e. The minimum Gasteiger partial charge on any atom is -0.338 e. The SMILES string of the molecule is c1csc(-c2nc(N3CCN(Cc4ccncc4)CC3)ncc2-c2cnccn2)c1. The van der Waals surface area contributed by atoms with Crippen molar-refractivity contribution in [2.24, 2.45) is 0 Å². The number of thiophene rings is 1. The standard InChI is InChI=1S/C22H21N7S/c1-2-20(30-13-1)21-18(19-15-24-7-8-25-19)14-26-22(27-21)29-11-9-28(10-12-29)16-17-3-5-23-6-4-17/h1-8,13-15H,9-12,16H2. The van der Waals surface area contributed by atoms with E-state index in [1.165, 1.54) is 5.56 Å². The molecule has 1 aliphatic rings. The Morgan fingerprint density at radius 3 is 2.47 bits per heavy atom. The second-order valence-electron chi connectivity index (χ2n) is 7.12. The van der Waals surface area contributed by atoms with Crippen LogP contribution in [0.5, 0.6) is 0 Å². The van der Waals surface area contributed by atoms with Crippen LogP contribution in [0.25, 0.3) is 21.8 Å². The van der Waals surface area contributed by atoms with Gasteiger partial charge < -0.3 is 4.90 Å². The van der Waals surface area contributed by atoms with Gasteiger partial charge in [-0.15, -0.1) is 11.3 Å². The molecule has 0 saturated carbocycles. The number of hydrogen-bond donors (Lipinski definition) is 0. The van der Waals surface area contributed by atoms with Crippen LogP contribution in [0.2, 0.25) is 0 Å². The predicted octanol–water partition coefficient (Wildman–Crippen LogP) is 3.38. The average Bonchev–Trinajstić information content (AvgIpc) is 3.35. The van der Waals surface area contributed by atoms with E-state index < -0.39 is 0 Å². The number of anilines is 1. The molecule has 0 spiro atoms. The fourth-order valence-electron chi connectivity index (χ4n) is 3.60. The van der Waals surface area contributed by atoms with Crippen LogP contribution in [0.4, 0.5) is 5.95 Å². The molecule has 0 aromatic carbocycles. The van der Waals surface area contributed by atoms with Crippen molar-refractivity contribution in [1.29, 1.82) is 0 Å². The fraction of sp³-hybridized carbons (Fsp3) is 0.227. The normalized spacial score (nSPS) is 14.7. The Bertz CT molecular complexity index is 1080. The molecule has 1 saturated heterocycles. The first-order valence-corrected chi connectivity index (χ1v) is 10.8. The van der Waals surface area contributed by atoms with Gasteiger partial charge in [0, 0.05) is 69.3 Å². The first-order valence-electron chi connectivity index (χ1n) is 9.90. The molecule has 7 nitrogen and oxygen atoms in total. The molecule has 4 aromatic heterocycles. The highest BCUT2D eigenvalue weighted by Gasteiger charge is 2.21. The van der Waals surface area contributed by atoms with Gasteiger partial charge in [0.1, 0.15) is 0 Å². The zero-order valence-corrected chi connectivity index (χ0v) is 17.2. The minimum atomic E-state index is 0.773. The summed E-state index contributed by atoms with van der Waals surface area (Å²) >= 11 is 1.67. The van der Waals surface area contributed by atoms with E-state index in [2.05, 4.69) is 53.3 Å². The monoisotopic (exact) mass is 415 g/mol. The highest BCUT2D eigenvalue weighted by Crippen LogP contribution is 2.32. The number of aromatic nitrogens is 5. The van der Waals surface area contributed by atoms with E-state index in [4.69, 9.17) is 4.98 Å². The summed E-state index contributed by atoms with van der Waals surface area (Å²) in [4.78, 5) is 28.2. The molecule has 0 atom stereocenters. The van der Waals surface area contributed by atoms with Gasteiger partial charge in [0.05, 0.1) is 22.5 Å². The van der Waals surface area contributed by atoms with E-state index in [9.17, 15) is 0 Å². The summed E-state index contributed by atoms with van der Waals surface area (Å²) in [5.74, 6) is 0.773. The lowest BCUT2D eigenvalue weighted by molar-refractivity contribution is 0.248. The molecule has 4 aromatic rings. The maximum absolute atomic E-state index is 4.95. The third-order valence-corrected chi connectivity index (χ3v) is 6.06. The molecule has 1 fully saturated rings. The first-order chi connectivity index (χ1) is 14.9. The van der Waals surface area contributed by atoms with Crippen molar-refractivity contribution in [2.45, 2.75) is 6.54 Å². The Hall–Kier alpha value is -3.23. The van der Waals surface area contributed by atoms with Gasteiger partial charge in [-0.05, 0) is 29.1 Å². The molecule has 8 heteroatoms. The lowest BCUT2D eigenvalue weighted by Gasteiger charge is -2.34. The molecule has 0 unspecified atom stereocenters. The van der Waals surface area contributed by atoms with Gasteiger partial charge in [-0.1, -0.05) is 6.07 Å². The largest absolute Gasteiger partial charge is 0.338 e. The summed E-state index contributed by atoms with van der Waals surface area (Å²) in [6, 6.07) is 8.28. The van der Waals surface area contributed by atoms with E-state index in [0.717, 1.165) is 60.5 Å². The van der Waals surface area contributed by atoms with Gasteiger partial charge in [0.25, 0.3) is 0 Å². The van der Waals surface area contributed by atoms with E-state index in [0.29, 0.717) is 0 Å². The molecule has 0 aliphatic carbocycles. The Balaban J connectivity index is 1.36. The molecule has 0 amide bonds. The zero-order chi connectivity index (χ0) is 20.2. The molecule has 150 valence electrons. The van der Waals surface area contributed by atoms with Crippen LogP contribution in [-0.2, 0) is 6.54 Å². The van der Waals surface area contributed by atoms with Gasteiger partial charge in [0.2, 0.25) is 5.95 Å². The highest BCUT2D eigenvalue weighted by atomic mass is 32.1. The van der Waals surface area contributed by atoms with Crippen molar-refractivity contribution in [3.8, 4) is 21.8 Å². The summed E-state index contributed by atoms with van der Waals surface area (Å²) in [5, 5.41) is 2.06. The number of hydrogen-bond acceptors (Lipinski definition) is 8. The van der Waals surface area contributed by atoms with Crippen LogP contribution < -0.4 is 4.90 Å². The Labute approximate surface area is 179 Å². The average molecular weight is 416 g/mol. The maximum atomic E-state index is 4.95. The van der Waals surface area contributed by atoms with Crippen LogP contribution in [0.3, 0.4) is 0 Å². The van der Waals surface area contributed by atoms with E-state index >= 15 is 0 Å². The second-order valence-corrected chi connectivity index (χ2v) is 8.07. The Morgan fingerprint density at radius 1 is 0.867 bits per heavy atom. The Kier molecular flexibility index (Phi) is 5.41. The lowest BCUT2D eigenvalue weighted by atomic mass is 10.1. The molecular weight excluding hydrogens is 394 g/mol. The summed E-state index contributed by atoms with van der Waals surface area (Å²) in [6.45, 7) is 4.71. The van der Waals surface area contributed by atoms with E-state index in [1.807, 2.05) is 24.7 Å². The highest BCUT2D eigenvalue weighted by molar-refractivity contribution is 7.13. The lowest BCUT2D eigenvalue weighted by Crippen LogP contribution is -2.46. The van der Waals surface area contributed by atoms with Gasteiger partial charge in [0.15, 0.2) is 0 Å². The number of pyridine rings is 1. The van der Waals surface area contributed by atoms with Gasteiger partial charge in [-0.2, -0.15) is 0 Å². The predicted molar refractivity (Wildman–Crippen MR) is 118 cm³/mol. The van der Waals surface area contributed by atoms with Crippen LogP contribution >= 0.6 is 11.3 Å². The van der Waals surface area contributed by atoms with E-state index in [-0.39, 0.29) is 0 Å². The number of nitrogens with zero attached hydrogens (tertiary/aromatic N) is 7. The van der Waals surface area contributed by atoms with Crippen LogP contribution in [0.15, 0.2) is 66.8 Å². The zero-order valence-electron chi connectivity index (χ0n) is 16.4. The summed E-state index contributed by atoms with van der Waals surface area (Å²) in [6.07, 6.45) is 10.7. The number of piperazine rings is 1. The molecule has 5 rings (SSSR count). The molecule has 30 heavy (non-hydrogen) atoms. The van der Waals surface area contributed by atoms with Crippen molar-refractivity contribution in [3.63, 3.8) is 0 Å². The molecule has 0 N–H and O–H groups in total. The molecule has 1 aliphatic heterocycles. The molecule has 0 bridgehead atoms. The van der Waals surface area contributed by atoms with E-state index in [1.54, 1.807) is 29.9 Å². The topological polar surface area (TPSA) is 70.9 Å². The van der Waals surface area contributed by atoms with Crippen LogP contribution in [-0.4, -0.2) is 56.0 Å². The van der Waals surface area contributed by atoms with Crippen molar-refractivity contribution in [3.05, 3.63) is 72.4 Å². The van der Waals surface area contributed by atoms with Gasteiger partial charge in [-0.3, -0.25) is 19.9 Å². The molecule has 5 heterocycles. The smallest absolute Gasteiger partial charge is 0.226 e. The molecule has 0 radical (unpaired) electrons. The van der Waals surface area contributed by atoms with Gasteiger partial charge in [-0.25, -0.2) is 9.97 Å². The third-order valence-electron chi connectivity index (χ3n) is 5.18. The van der Waals surface area contributed by atoms with Gasteiger partial charge >= 0.3 is 0 Å². The Morgan fingerprint density at radius 2 is 1.73 bits per heavy atom. The number of rotatable bonds is 5.